The maximum Gasteiger partial charge on any atom is 0.0533 e. The summed E-state index contributed by atoms with van der Waals surface area (Å²) in [5.41, 5.74) is 2.55. The van der Waals surface area contributed by atoms with Crippen LogP contribution in [0.1, 0.15) is 18.0 Å². The molecule has 14 heavy (non-hydrogen) atoms. The van der Waals surface area contributed by atoms with Gasteiger partial charge in [0, 0.05) is 21.5 Å². The molecule has 0 bridgehead atoms. The lowest BCUT2D eigenvalue weighted by Gasteiger charge is -2.27. The predicted octanol–water partition coefficient (Wildman–Crippen LogP) is 3.29. The number of hydrogen-bond donors (Lipinski definition) is 2. The first-order valence-corrected chi connectivity index (χ1v) is 6.21. The number of halogens is 2. The van der Waals surface area contributed by atoms with Crippen molar-refractivity contribution in [3.05, 3.63) is 26.6 Å². The summed E-state index contributed by atoms with van der Waals surface area (Å²) in [5, 5.41) is 6.75. The van der Waals surface area contributed by atoms with Gasteiger partial charge in [0.25, 0.3) is 0 Å². The average Bonchev–Trinajstić information content (AvgIpc) is 2.17. The fourth-order valence-electron chi connectivity index (χ4n) is 1.85. The highest BCUT2D eigenvalue weighted by Crippen LogP contribution is 2.37. The Morgan fingerprint density at radius 2 is 2.21 bits per heavy atom. The Hall–Kier alpha value is -0.0600. The summed E-state index contributed by atoms with van der Waals surface area (Å²) >= 11 is 7.08. The fraction of sp³-hybridized carbons (Fsp3) is 0.400. The van der Waals surface area contributed by atoms with Crippen molar-refractivity contribution in [2.24, 2.45) is 0 Å². The van der Waals surface area contributed by atoms with Crippen LogP contribution in [0.15, 0.2) is 21.1 Å². The number of anilines is 1. The van der Waals surface area contributed by atoms with Crippen LogP contribution in [-0.4, -0.2) is 13.6 Å². The van der Waals surface area contributed by atoms with Crippen molar-refractivity contribution in [3.63, 3.8) is 0 Å². The van der Waals surface area contributed by atoms with Crippen LogP contribution in [0.5, 0.6) is 0 Å². The van der Waals surface area contributed by atoms with E-state index in [-0.39, 0.29) is 0 Å². The lowest BCUT2D eigenvalue weighted by Crippen LogP contribution is -2.25. The SMILES string of the molecule is CNC1CCNc2c(Br)cc(Br)cc21. The molecular weight excluding hydrogens is 308 g/mol. The van der Waals surface area contributed by atoms with E-state index < -0.39 is 0 Å². The third-order valence-corrected chi connectivity index (χ3v) is 3.63. The van der Waals surface area contributed by atoms with Crippen molar-refractivity contribution in [1.29, 1.82) is 0 Å². The molecule has 0 radical (unpaired) electrons. The van der Waals surface area contributed by atoms with E-state index in [1.54, 1.807) is 0 Å². The van der Waals surface area contributed by atoms with Crippen molar-refractivity contribution >= 4 is 37.5 Å². The molecule has 76 valence electrons. The average molecular weight is 320 g/mol. The van der Waals surface area contributed by atoms with Crippen LogP contribution in [-0.2, 0) is 0 Å². The van der Waals surface area contributed by atoms with Crippen molar-refractivity contribution in [1.82, 2.24) is 5.32 Å². The molecule has 1 aliphatic rings. The first kappa shape index (κ1) is 10.5. The quantitative estimate of drug-likeness (QED) is 0.830. The Bertz CT molecular complexity index is 352. The molecule has 1 aliphatic heterocycles. The van der Waals surface area contributed by atoms with Gasteiger partial charge in [-0.25, -0.2) is 0 Å². The molecule has 0 aromatic heterocycles. The first-order chi connectivity index (χ1) is 6.72. The minimum absolute atomic E-state index is 0.458. The van der Waals surface area contributed by atoms with Crippen LogP contribution in [0, 0.1) is 0 Å². The molecule has 0 saturated carbocycles. The van der Waals surface area contributed by atoms with Gasteiger partial charge in [0.1, 0.15) is 0 Å². The molecule has 4 heteroatoms. The summed E-state index contributed by atoms with van der Waals surface area (Å²) in [7, 11) is 2.01. The van der Waals surface area contributed by atoms with Crippen molar-refractivity contribution < 1.29 is 0 Å². The summed E-state index contributed by atoms with van der Waals surface area (Å²) in [5.74, 6) is 0. The molecule has 0 spiro atoms. The Morgan fingerprint density at radius 3 is 2.93 bits per heavy atom. The van der Waals surface area contributed by atoms with Gasteiger partial charge in [-0.1, -0.05) is 15.9 Å². The lowest BCUT2D eigenvalue weighted by molar-refractivity contribution is 0.550. The van der Waals surface area contributed by atoms with Crippen LogP contribution < -0.4 is 10.6 Å². The second kappa shape index (κ2) is 4.21. The Kier molecular flexibility index (Phi) is 3.14. The Balaban J connectivity index is 2.51. The zero-order valence-electron chi connectivity index (χ0n) is 7.90. The highest BCUT2D eigenvalue weighted by molar-refractivity contribution is 9.11. The van der Waals surface area contributed by atoms with Gasteiger partial charge in [-0.05, 0) is 47.1 Å². The molecule has 2 N–H and O–H groups in total. The predicted molar refractivity (Wildman–Crippen MR) is 66.7 cm³/mol. The van der Waals surface area contributed by atoms with Gasteiger partial charge < -0.3 is 10.6 Å². The molecule has 0 saturated heterocycles. The Labute approximate surface area is 101 Å². The number of hydrogen-bond acceptors (Lipinski definition) is 2. The zero-order valence-corrected chi connectivity index (χ0v) is 11.1. The van der Waals surface area contributed by atoms with Gasteiger partial charge in [-0.2, -0.15) is 0 Å². The monoisotopic (exact) mass is 318 g/mol. The van der Waals surface area contributed by atoms with E-state index in [0.29, 0.717) is 6.04 Å². The molecular formula is C10H12Br2N2. The van der Waals surface area contributed by atoms with E-state index in [1.165, 1.54) is 11.3 Å². The summed E-state index contributed by atoms with van der Waals surface area (Å²) in [6, 6.07) is 4.71. The maximum atomic E-state index is 3.57. The number of rotatable bonds is 1. The smallest absolute Gasteiger partial charge is 0.0533 e. The maximum absolute atomic E-state index is 3.57. The fourth-order valence-corrected chi connectivity index (χ4v) is 3.25. The Morgan fingerprint density at radius 1 is 1.43 bits per heavy atom. The standard InChI is InChI=1S/C10H12Br2N2/c1-13-9-2-3-14-10-7(9)4-6(11)5-8(10)12/h4-5,9,13-14H,2-3H2,1H3. The van der Waals surface area contributed by atoms with E-state index in [0.717, 1.165) is 21.9 Å². The summed E-state index contributed by atoms with van der Waals surface area (Å²) in [6.45, 7) is 1.03. The summed E-state index contributed by atoms with van der Waals surface area (Å²) in [4.78, 5) is 0. The molecule has 0 aliphatic carbocycles. The number of fused-ring (bicyclic) bond motifs is 1. The second-order valence-corrected chi connectivity index (χ2v) is 5.18. The summed E-state index contributed by atoms with van der Waals surface area (Å²) in [6.07, 6.45) is 1.13. The van der Waals surface area contributed by atoms with Gasteiger partial charge in [0.15, 0.2) is 0 Å². The second-order valence-electron chi connectivity index (χ2n) is 3.41. The van der Waals surface area contributed by atoms with E-state index in [1.807, 2.05) is 7.05 Å². The van der Waals surface area contributed by atoms with Crippen LogP contribution in [0.25, 0.3) is 0 Å². The number of nitrogens with one attached hydrogen (secondary N) is 2. The van der Waals surface area contributed by atoms with Crippen LogP contribution >= 0.6 is 31.9 Å². The van der Waals surface area contributed by atoms with Gasteiger partial charge >= 0.3 is 0 Å². The topological polar surface area (TPSA) is 24.1 Å². The van der Waals surface area contributed by atoms with E-state index in [2.05, 4.69) is 54.6 Å². The van der Waals surface area contributed by atoms with Crippen LogP contribution in [0.4, 0.5) is 5.69 Å². The zero-order chi connectivity index (χ0) is 10.1. The first-order valence-electron chi connectivity index (χ1n) is 4.62. The third kappa shape index (κ3) is 1.83. The van der Waals surface area contributed by atoms with Gasteiger partial charge in [-0.3, -0.25) is 0 Å². The lowest BCUT2D eigenvalue weighted by atomic mass is 9.98. The van der Waals surface area contributed by atoms with E-state index >= 15 is 0 Å². The molecule has 1 atom stereocenters. The van der Waals surface area contributed by atoms with Crippen molar-refractivity contribution in [3.8, 4) is 0 Å². The van der Waals surface area contributed by atoms with Gasteiger partial charge in [0.2, 0.25) is 0 Å². The van der Waals surface area contributed by atoms with E-state index in [9.17, 15) is 0 Å². The molecule has 2 nitrogen and oxygen atoms in total. The van der Waals surface area contributed by atoms with Gasteiger partial charge in [-0.15, -0.1) is 0 Å². The molecule has 1 heterocycles. The van der Waals surface area contributed by atoms with Crippen molar-refractivity contribution in [2.45, 2.75) is 12.5 Å². The molecule has 1 aromatic rings. The summed E-state index contributed by atoms with van der Waals surface area (Å²) < 4.78 is 2.24. The minimum atomic E-state index is 0.458. The number of benzene rings is 1. The molecule has 2 rings (SSSR count). The van der Waals surface area contributed by atoms with E-state index in [4.69, 9.17) is 0 Å². The molecule has 1 aromatic carbocycles. The highest BCUT2D eigenvalue weighted by atomic mass is 79.9. The van der Waals surface area contributed by atoms with Crippen molar-refractivity contribution in [2.75, 3.05) is 18.9 Å². The molecule has 0 amide bonds. The largest absolute Gasteiger partial charge is 0.384 e. The normalized spacial score (nSPS) is 20.1. The third-order valence-electron chi connectivity index (χ3n) is 2.54. The van der Waals surface area contributed by atoms with Crippen LogP contribution in [0.2, 0.25) is 0 Å². The van der Waals surface area contributed by atoms with Crippen LogP contribution in [0.3, 0.4) is 0 Å². The molecule has 0 fully saturated rings. The minimum Gasteiger partial charge on any atom is -0.384 e. The van der Waals surface area contributed by atoms with Gasteiger partial charge in [0.05, 0.1) is 5.69 Å². The highest BCUT2D eigenvalue weighted by Gasteiger charge is 2.20. The molecule has 1 unspecified atom stereocenters.